The molecule has 0 saturated carbocycles. The van der Waals surface area contributed by atoms with Gasteiger partial charge in [0.25, 0.3) is 10.0 Å². The molecule has 0 saturated heterocycles. The summed E-state index contributed by atoms with van der Waals surface area (Å²) in [6, 6.07) is 6.32. The van der Waals surface area contributed by atoms with Crippen LogP contribution in [-0.2, 0) is 10.0 Å². The fourth-order valence-electron chi connectivity index (χ4n) is 1.35. The summed E-state index contributed by atoms with van der Waals surface area (Å²) >= 11 is 4.69. The lowest BCUT2D eigenvalue weighted by atomic mass is 10.3. The molecule has 1 heterocycles. The van der Waals surface area contributed by atoms with Crippen LogP contribution in [0.1, 0.15) is 0 Å². The monoisotopic (exact) mass is 347 g/mol. The number of ether oxygens (including phenoxy) is 1. The Morgan fingerprint density at radius 1 is 1.33 bits per heavy atom. The van der Waals surface area contributed by atoms with Crippen molar-refractivity contribution >= 4 is 43.0 Å². The molecule has 0 radical (unpaired) electrons. The van der Waals surface area contributed by atoms with Crippen LogP contribution in [-0.4, -0.2) is 15.5 Å². The van der Waals surface area contributed by atoms with Crippen LogP contribution in [0.4, 0.5) is 5.69 Å². The zero-order chi connectivity index (χ0) is 13.2. The Hall–Kier alpha value is -1.05. The van der Waals surface area contributed by atoms with Crippen molar-refractivity contribution in [2.75, 3.05) is 11.8 Å². The van der Waals surface area contributed by atoms with Crippen LogP contribution in [0.2, 0.25) is 0 Å². The van der Waals surface area contributed by atoms with Gasteiger partial charge in [-0.2, -0.15) is 11.3 Å². The summed E-state index contributed by atoms with van der Waals surface area (Å²) in [5.74, 6) is 0.587. The van der Waals surface area contributed by atoms with E-state index in [1.54, 1.807) is 17.5 Å². The molecular weight excluding hydrogens is 338 g/mol. The molecule has 0 aliphatic rings. The molecule has 7 heteroatoms. The zero-order valence-corrected chi connectivity index (χ0v) is 12.6. The quantitative estimate of drug-likeness (QED) is 0.922. The summed E-state index contributed by atoms with van der Waals surface area (Å²) in [6.07, 6.45) is 0. The van der Waals surface area contributed by atoms with Crippen molar-refractivity contribution in [2.45, 2.75) is 4.90 Å². The van der Waals surface area contributed by atoms with Crippen molar-refractivity contribution in [1.29, 1.82) is 0 Å². The molecule has 1 aromatic carbocycles. The van der Waals surface area contributed by atoms with E-state index in [4.69, 9.17) is 4.74 Å². The number of sulfonamides is 1. The first-order valence-corrected chi connectivity index (χ1v) is 8.13. The number of hydrogen-bond donors (Lipinski definition) is 1. The number of rotatable bonds is 4. The number of thiophene rings is 1. The number of nitrogens with one attached hydrogen (secondary N) is 1. The Bertz CT molecular complexity index is 638. The van der Waals surface area contributed by atoms with Crippen molar-refractivity contribution in [2.24, 2.45) is 0 Å². The van der Waals surface area contributed by atoms with E-state index < -0.39 is 10.0 Å². The minimum atomic E-state index is -3.56. The number of anilines is 1. The fourth-order valence-corrected chi connectivity index (χ4v) is 3.78. The van der Waals surface area contributed by atoms with Gasteiger partial charge < -0.3 is 4.74 Å². The Kier molecular flexibility index (Phi) is 3.94. The third kappa shape index (κ3) is 2.85. The summed E-state index contributed by atoms with van der Waals surface area (Å²) in [4.78, 5) is 0.182. The van der Waals surface area contributed by atoms with Crippen molar-refractivity contribution in [3.63, 3.8) is 0 Å². The SMILES string of the molecule is COc1ccc(S(=O)(=O)Nc2ccsc2)cc1Br. The molecule has 18 heavy (non-hydrogen) atoms. The van der Waals surface area contributed by atoms with Gasteiger partial charge in [0.05, 0.1) is 22.2 Å². The average molecular weight is 348 g/mol. The molecule has 0 unspecified atom stereocenters. The molecule has 1 aromatic heterocycles. The molecular formula is C11H10BrNO3S2. The number of halogens is 1. The molecule has 2 aromatic rings. The first-order valence-electron chi connectivity index (χ1n) is 4.91. The Balaban J connectivity index is 2.33. The molecule has 96 valence electrons. The predicted octanol–water partition coefficient (Wildman–Crippen LogP) is 3.32. The van der Waals surface area contributed by atoms with E-state index in [0.717, 1.165) is 0 Å². The predicted molar refractivity (Wildman–Crippen MR) is 75.8 cm³/mol. The molecule has 0 aliphatic carbocycles. The molecule has 0 spiro atoms. The molecule has 0 amide bonds. The second-order valence-corrected chi connectivity index (χ2v) is 6.73. The van der Waals surface area contributed by atoms with Gasteiger partial charge >= 0.3 is 0 Å². The highest BCUT2D eigenvalue weighted by Gasteiger charge is 2.16. The van der Waals surface area contributed by atoms with Crippen LogP contribution in [0, 0.1) is 0 Å². The number of benzene rings is 1. The summed E-state index contributed by atoms with van der Waals surface area (Å²) in [7, 11) is -2.03. The maximum atomic E-state index is 12.1. The minimum absolute atomic E-state index is 0.182. The molecule has 0 fully saturated rings. The molecule has 1 N–H and O–H groups in total. The first-order chi connectivity index (χ1) is 8.53. The van der Waals surface area contributed by atoms with Crippen molar-refractivity contribution in [1.82, 2.24) is 0 Å². The Morgan fingerprint density at radius 2 is 2.11 bits per heavy atom. The number of hydrogen-bond acceptors (Lipinski definition) is 4. The van der Waals surface area contributed by atoms with Crippen molar-refractivity contribution in [3.8, 4) is 5.75 Å². The highest BCUT2D eigenvalue weighted by molar-refractivity contribution is 9.10. The highest BCUT2D eigenvalue weighted by Crippen LogP contribution is 2.28. The average Bonchev–Trinajstić information content (AvgIpc) is 2.81. The van der Waals surface area contributed by atoms with Crippen LogP contribution < -0.4 is 9.46 Å². The summed E-state index contributed by atoms with van der Waals surface area (Å²) < 4.78 is 32.3. The van der Waals surface area contributed by atoms with E-state index in [1.807, 2.05) is 5.38 Å². The summed E-state index contributed by atoms with van der Waals surface area (Å²) in [6.45, 7) is 0. The maximum absolute atomic E-state index is 12.1. The number of methoxy groups -OCH3 is 1. The van der Waals surface area contributed by atoms with Crippen LogP contribution in [0.5, 0.6) is 5.75 Å². The lowest BCUT2D eigenvalue weighted by Crippen LogP contribution is -2.12. The van der Waals surface area contributed by atoms with Crippen LogP contribution in [0.25, 0.3) is 0 Å². The molecule has 0 bridgehead atoms. The van der Waals surface area contributed by atoms with Crippen molar-refractivity contribution < 1.29 is 13.2 Å². The van der Waals surface area contributed by atoms with Gasteiger partial charge in [-0.15, -0.1) is 0 Å². The Morgan fingerprint density at radius 3 is 2.67 bits per heavy atom. The van der Waals surface area contributed by atoms with Gasteiger partial charge in [0.1, 0.15) is 5.75 Å². The minimum Gasteiger partial charge on any atom is -0.496 e. The van der Waals surface area contributed by atoms with E-state index in [-0.39, 0.29) is 4.90 Å². The van der Waals surface area contributed by atoms with E-state index in [0.29, 0.717) is 15.9 Å². The molecule has 0 atom stereocenters. The Labute approximate surface area is 118 Å². The smallest absolute Gasteiger partial charge is 0.261 e. The molecule has 4 nitrogen and oxygen atoms in total. The third-order valence-corrected chi connectivity index (χ3v) is 4.89. The van der Waals surface area contributed by atoms with E-state index in [1.165, 1.54) is 30.6 Å². The van der Waals surface area contributed by atoms with Crippen LogP contribution in [0.3, 0.4) is 0 Å². The van der Waals surface area contributed by atoms with Crippen molar-refractivity contribution in [3.05, 3.63) is 39.5 Å². The molecule has 2 rings (SSSR count). The second kappa shape index (κ2) is 5.29. The van der Waals surface area contributed by atoms with Gasteiger partial charge in [0.2, 0.25) is 0 Å². The molecule has 0 aliphatic heterocycles. The van der Waals surface area contributed by atoms with Crippen LogP contribution >= 0.6 is 27.3 Å². The lowest BCUT2D eigenvalue weighted by Gasteiger charge is -2.08. The fraction of sp³-hybridized carbons (Fsp3) is 0.0909. The van der Waals surface area contributed by atoms with E-state index in [9.17, 15) is 8.42 Å². The van der Waals surface area contributed by atoms with Gasteiger partial charge in [-0.05, 0) is 45.6 Å². The van der Waals surface area contributed by atoms with Gasteiger partial charge in [0, 0.05) is 5.38 Å². The normalized spacial score (nSPS) is 11.2. The van der Waals surface area contributed by atoms with Gasteiger partial charge in [-0.3, -0.25) is 4.72 Å². The van der Waals surface area contributed by atoms with Gasteiger partial charge in [-0.25, -0.2) is 8.42 Å². The van der Waals surface area contributed by atoms with Gasteiger partial charge in [0.15, 0.2) is 0 Å². The largest absolute Gasteiger partial charge is 0.496 e. The van der Waals surface area contributed by atoms with Gasteiger partial charge in [-0.1, -0.05) is 0 Å². The summed E-state index contributed by atoms with van der Waals surface area (Å²) in [5, 5.41) is 3.54. The topological polar surface area (TPSA) is 55.4 Å². The zero-order valence-electron chi connectivity index (χ0n) is 9.38. The standard InChI is InChI=1S/C11H10BrNO3S2/c1-16-11-3-2-9(6-10(11)12)18(14,15)13-8-4-5-17-7-8/h2-7,13H,1H3. The third-order valence-electron chi connectivity index (χ3n) is 2.21. The summed E-state index contributed by atoms with van der Waals surface area (Å²) in [5.41, 5.74) is 0.562. The maximum Gasteiger partial charge on any atom is 0.261 e. The first kappa shape index (κ1) is 13.4. The second-order valence-electron chi connectivity index (χ2n) is 3.41. The van der Waals surface area contributed by atoms with E-state index in [2.05, 4.69) is 20.7 Å². The van der Waals surface area contributed by atoms with E-state index >= 15 is 0 Å². The highest BCUT2D eigenvalue weighted by atomic mass is 79.9. The van der Waals surface area contributed by atoms with Crippen LogP contribution in [0.15, 0.2) is 44.4 Å². The lowest BCUT2D eigenvalue weighted by molar-refractivity contribution is 0.411.